The molecule has 4 rings (SSSR count). The van der Waals surface area contributed by atoms with Gasteiger partial charge in [-0.05, 0) is 43.7 Å². The Kier molecular flexibility index (Phi) is 5.91. The predicted molar refractivity (Wildman–Crippen MR) is 120 cm³/mol. The average Bonchev–Trinajstić information content (AvgIpc) is 3.13. The van der Waals surface area contributed by atoms with E-state index in [9.17, 15) is 10.1 Å². The number of carbonyl (C=O) groups excluding carboxylic acids is 1. The highest BCUT2D eigenvalue weighted by atomic mass is 16.5. The van der Waals surface area contributed by atoms with E-state index in [2.05, 4.69) is 11.2 Å². The molecule has 0 aliphatic carbocycles. The average molecular weight is 445 g/mol. The van der Waals surface area contributed by atoms with Crippen molar-refractivity contribution in [1.82, 2.24) is 9.78 Å². The number of nitriles is 1. The van der Waals surface area contributed by atoms with Crippen LogP contribution in [0.1, 0.15) is 29.7 Å². The maximum Gasteiger partial charge on any atom is 0.255 e. The summed E-state index contributed by atoms with van der Waals surface area (Å²) < 4.78 is 18.8. The second-order valence-corrected chi connectivity index (χ2v) is 7.37. The Bertz CT molecular complexity index is 1270. The van der Waals surface area contributed by atoms with Crippen LogP contribution in [0.5, 0.6) is 17.4 Å². The highest BCUT2D eigenvalue weighted by Crippen LogP contribution is 2.46. The first kappa shape index (κ1) is 21.8. The normalized spacial score (nSPS) is 14.8. The molecule has 1 unspecified atom stereocenters. The number of allylic oxidation sites excluding steroid dienone is 1. The van der Waals surface area contributed by atoms with Crippen LogP contribution in [0.15, 0.2) is 60.0 Å². The van der Waals surface area contributed by atoms with E-state index in [4.69, 9.17) is 25.7 Å². The van der Waals surface area contributed by atoms with Crippen LogP contribution in [0.3, 0.4) is 0 Å². The van der Waals surface area contributed by atoms with Gasteiger partial charge in [-0.3, -0.25) is 4.79 Å². The van der Waals surface area contributed by atoms with Crippen molar-refractivity contribution >= 4 is 5.91 Å². The zero-order valence-corrected chi connectivity index (χ0v) is 18.2. The molecule has 2 aromatic carbocycles. The molecule has 1 amide bonds. The Balaban J connectivity index is 1.86. The minimum atomic E-state index is -0.595. The molecular formula is C24H23N5O4. The Morgan fingerprint density at radius 2 is 1.97 bits per heavy atom. The van der Waals surface area contributed by atoms with E-state index < -0.39 is 11.8 Å². The zero-order valence-electron chi connectivity index (χ0n) is 18.2. The molecule has 1 aromatic heterocycles. The fourth-order valence-corrected chi connectivity index (χ4v) is 3.83. The molecular weight excluding hydrogens is 422 g/mol. The second-order valence-electron chi connectivity index (χ2n) is 7.37. The first-order valence-electron chi connectivity index (χ1n) is 10.3. The first-order chi connectivity index (χ1) is 15.9. The van der Waals surface area contributed by atoms with E-state index in [1.807, 2.05) is 44.2 Å². The molecule has 1 atom stereocenters. The second kappa shape index (κ2) is 8.96. The molecule has 0 saturated carbocycles. The highest BCUT2D eigenvalue weighted by Gasteiger charge is 2.36. The molecule has 4 N–H and O–H groups in total. The lowest BCUT2D eigenvalue weighted by atomic mass is 9.84. The maximum absolute atomic E-state index is 11.1. The number of amides is 1. The highest BCUT2D eigenvalue weighted by molar-refractivity contribution is 5.75. The fraction of sp³-hybridized carbons (Fsp3) is 0.208. The Labute approximate surface area is 190 Å². The maximum atomic E-state index is 11.1. The minimum absolute atomic E-state index is 0.0131. The van der Waals surface area contributed by atoms with E-state index in [1.54, 1.807) is 22.9 Å². The number of nitrogens with two attached hydrogens (primary N) is 2. The lowest BCUT2D eigenvalue weighted by Crippen LogP contribution is -2.22. The summed E-state index contributed by atoms with van der Waals surface area (Å²) in [7, 11) is 0. The van der Waals surface area contributed by atoms with Gasteiger partial charge >= 0.3 is 0 Å². The molecule has 0 radical (unpaired) electrons. The quantitative estimate of drug-likeness (QED) is 0.570. The van der Waals surface area contributed by atoms with E-state index >= 15 is 0 Å². The van der Waals surface area contributed by atoms with Gasteiger partial charge in [0.2, 0.25) is 11.8 Å². The van der Waals surface area contributed by atoms with Gasteiger partial charge in [-0.25, -0.2) is 4.68 Å². The van der Waals surface area contributed by atoms with Gasteiger partial charge in [0.05, 0.1) is 29.5 Å². The summed E-state index contributed by atoms with van der Waals surface area (Å²) in [6.45, 7) is 3.80. The zero-order chi connectivity index (χ0) is 23.5. The number of benzene rings is 2. The van der Waals surface area contributed by atoms with Crippen LogP contribution in [-0.2, 0) is 4.79 Å². The molecule has 0 saturated heterocycles. The number of aryl methyl sites for hydroxylation is 1. The number of hydrogen-bond donors (Lipinski definition) is 2. The monoisotopic (exact) mass is 445 g/mol. The van der Waals surface area contributed by atoms with Crippen molar-refractivity contribution in [1.29, 1.82) is 5.26 Å². The third-order valence-corrected chi connectivity index (χ3v) is 5.20. The molecule has 1 aliphatic heterocycles. The number of carbonyl (C=O) groups is 1. The molecule has 0 bridgehead atoms. The van der Waals surface area contributed by atoms with Crippen LogP contribution in [0.2, 0.25) is 0 Å². The summed E-state index contributed by atoms with van der Waals surface area (Å²) in [5.41, 5.74) is 14.6. The molecule has 0 spiro atoms. The number of para-hydroxylation sites is 1. The van der Waals surface area contributed by atoms with Gasteiger partial charge in [0.15, 0.2) is 18.1 Å². The summed E-state index contributed by atoms with van der Waals surface area (Å²) in [6.07, 6.45) is 0. The van der Waals surface area contributed by atoms with Crippen LogP contribution < -0.4 is 25.7 Å². The van der Waals surface area contributed by atoms with Gasteiger partial charge in [0.1, 0.15) is 11.6 Å². The third-order valence-electron chi connectivity index (χ3n) is 5.20. The largest absolute Gasteiger partial charge is 0.490 e. The molecule has 9 heteroatoms. The van der Waals surface area contributed by atoms with Crippen LogP contribution in [-0.4, -0.2) is 28.9 Å². The number of nitrogens with zero attached hydrogens (tertiary/aromatic N) is 3. The Morgan fingerprint density at radius 3 is 2.64 bits per heavy atom. The van der Waals surface area contributed by atoms with Crippen molar-refractivity contribution in [2.75, 3.05) is 13.2 Å². The molecule has 1 aliphatic rings. The number of primary amides is 1. The number of rotatable bonds is 7. The van der Waals surface area contributed by atoms with Gasteiger partial charge < -0.3 is 25.7 Å². The first-order valence-corrected chi connectivity index (χ1v) is 10.3. The van der Waals surface area contributed by atoms with Crippen molar-refractivity contribution in [2.45, 2.75) is 19.8 Å². The van der Waals surface area contributed by atoms with Crippen molar-refractivity contribution in [2.24, 2.45) is 11.5 Å². The topological polar surface area (TPSA) is 138 Å². The van der Waals surface area contributed by atoms with Crippen LogP contribution in [0.25, 0.3) is 5.69 Å². The smallest absolute Gasteiger partial charge is 0.255 e. The molecule has 168 valence electrons. The number of aromatic nitrogens is 2. The van der Waals surface area contributed by atoms with Crippen molar-refractivity contribution in [3.63, 3.8) is 0 Å². The summed E-state index contributed by atoms with van der Waals surface area (Å²) in [5, 5.41) is 14.6. The molecule has 33 heavy (non-hydrogen) atoms. The molecule has 3 aromatic rings. The third kappa shape index (κ3) is 4.06. The number of hydrogen-bond acceptors (Lipinski definition) is 7. The molecule has 0 fully saturated rings. The van der Waals surface area contributed by atoms with Crippen molar-refractivity contribution < 1.29 is 19.0 Å². The van der Waals surface area contributed by atoms with Crippen LogP contribution in [0.4, 0.5) is 0 Å². The standard InChI is InChI=1S/C24H23N5O4/c1-3-31-19-11-15(9-10-18(19)32-13-20(26)30)22-17(12-25)23(27)33-24-21(22)14(2)28-29(24)16-7-5-4-6-8-16/h4-11,22H,3,13,27H2,1-2H3,(H2,26,30). The van der Waals surface area contributed by atoms with Gasteiger partial charge in [-0.1, -0.05) is 24.3 Å². The van der Waals surface area contributed by atoms with Gasteiger partial charge in [-0.15, -0.1) is 0 Å². The van der Waals surface area contributed by atoms with Gasteiger partial charge in [0, 0.05) is 0 Å². The summed E-state index contributed by atoms with van der Waals surface area (Å²) >= 11 is 0. The van der Waals surface area contributed by atoms with E-state index in [0.29, 0.717) is 29.7 Å². The Hall–Kier alpha value is -4.45. The minimum Gasteiger partial charge on any atom is -0.490 e. The van der Waals surface area contributed by atoms with Crippen molar-refractivity contribution in [3.8, 4) is 29.1 Å². The van der Waals surface area contributed by atoms with E-state index in [-0.39, 0.29) is 18.1 Å². The van der Waals surface area contributed by atoms with E-state index in [1.165, 1.54) is 0 Å². The fourth-order valence-electron chi connectivity index (χ4n) is 3.83. The lowest BCUT2D eigenvalue weighted by Gasteiger charge is -2.25. The van der Waals surface area contributed by atoms with E-state index in [0.717, 1.165) is 16.8 Å². The van der Waals surface area contributed by atoms with Gasteiger partial charge in [0.25, 0.3) is 5.91 Å². The van der Waals surface area contributed by atoms with Gasteiger partial charge in [-0.2, -0.15) is 10.4 Å². The lowest BCUT2D eigenvalue weighted by molar-refractivity contribution is -0.119. The number of ether oxygens (including phenoxy) is 3. The van der Waals surface area contributed by atoms with Crippen LogP contribution >= 0.6 is 0 Å². The summed E-state index contributed by atoms with van der Waals surface area (Å²) in [5.74, 6) is 0.140. The number of fused-ring (bicyclic) bond motifs is 1. The molecule has 2 heterocycles. The summed E-state index contributed by atoms with van der Waals surface area (Å²) in [6, 6.07) is 17.0. The molecule has 9 nitrogen and oxygen atoms in total. The Morgan fingerprint density at radius 1 is 1.21 bits per heavy atom. The van der Waals surface area contributed by atoms with Crippen LogP contribution in [0, 0.1) is 18.3 Å². The predicted octanol–water partition coefficient (Wildman–Crippen LogP) is 2.66. The SMILES string of the molecule is CCOc1cc(C2C(C#N)=C(N)Oc3c2c(C)nn3-c2ccccc2)ccc1OCC(N)=O. The van der Waals surface area contributed by atoms with Crippen molar-refractivity contribution in [3.05, 3.63) is 76.8 Å². The summed E-state index contributed by atoms with van der Waals surface area (Å²) in [4.78, 5) is 11.1.